The molecular formula is C20H19Cl2N5O3. The number of carbonyl (C=O) groups is 2. The Balaban J connectivity index is 1.69. The zero-order valence-electron chi connectivity index (χ0n) is 16.2. The molecule has 1 aliphatic rings. The van der Waals surface area contributed by atoms with Crippen LogP contribution in [0.15, 0.2) is 30.6 Å². The third kappa shape index (κ3) is 3.97. The minimum Gasteiger partial charge on any atom is -0.466 e. The minimum atomic E-state index is -0.327. The van der Waals surface area contributed by atoms with Gasteiger partial charge in [0, 0.05) is 29.2 Å². The van der Waals surface area contributed by atoms with Gasteiger partial charge in [-0.05, 0) is 38.0 Å². The van der Waals surface area contributed by atoms with Crippen molar-refractivity contribution in [2.75, 3.05) is 19.7 Å². The molecule has 1 aromatic carbocycles. The quantitative estimate of drug-likeness (QED) is 0.568. The van der Waals surface area contributed by atoms with Crippen LogP contribution in [0.3, 0.4) is 0 Å². The summed E-state index contributed by atoms with van der Waals surface area (Å²) in [7, 11) is 0. The third-order valence-corrected chi connectivity index (χ3v) is 5.58. The summed E-state index contributed by atoms with van der Waals surface area (Å²) >= 11 is 12.4. The van der Waals surface area contributed by atoms with Crippen LogP contribution >= 0.6 is 23.2 Å². The number of benzene rings is 1. The molecule has 0 spiro atoms. The summed E-state index contributed by atoms with van der Waals surface area (Å²) in [6.45, 7) is 2.94. The van der Waals surface area contributed by atoms with Crippen molar-refractivity contribution in [2.45, 2.75) is 19.8 Å². The standard InChI is InChI=1S/C20H19Cl2N5O3/c1-2-30-20(29)12-4-3-7-26(10-12)19(28)17-9-15(18-24-23-11-27(18)25-17)14-6-5-13(21)8-16(14)22/h5-6,8-9,11-12H,2-4,7,10H2,1H3. The van der Waals surface area contributed by atoms with E-state index in [-0.39, 0.29) is 23.5 Å². The summed E-state index contributed by atoms with van der Waals surface area (Å²) < 4.78 is 6.57. The zero-order valence-corrected chi connectivity index (χ0v) is 17.7. The molecule has 1 saturated heterocycles. The first kappa shape index (κ1) is 20.6. The van der Waals surface area contributed by atoms with Gasteiger partial charge in [0.2, 0.25) is 0 Å². The van der Waals surface area contributed by atoms with Gasteiger partial charge in [0.1, 0.15) is 12.0 Å². The highest BCUT2D eigenvalue weighted by molar-refractivity contribution is 6.36. The van der Waals surface area contributed by atoms with Crippen LogP contribution in [-0.2, 0) is 9.53 Å². The Labute approximate surface area is 182 Å². The number of carbonyl (C=O) groups excluding carboxylic acids is 2. The second-order valence-corrected chi connectivity index (χ2v) is 7.85. The molecule has 0 N–H and O–H groups in total. The number of halogens is 2. The number of likely N-dealkylation sites (tertiary alicyclic amines) is 1. The second-order valence-electron chi connectivity index (χ2n) is 7.01. The lowest BCUT2D eigenvalue weighted by atomic mass is 9.97. The van der Waals surface area contributed by atoms with Gasteiger partial charge in [-0.1, -0.05) is 29.3 Å². The number of fused-ring (bicyclic) bond motifs is 1. The van der Waals surface area contributed by atoms with Crippen molar-refractivity contribution in [3.63, 3.8) is 0 Å². The highest BCUT2D eigenvalue weighted by atomic mass is 35.5. The van der Waals surface area contributed by atoms with E-state index in [0.717, 1.165) is 6.42 Å². The van der Waals surface area contributed by atoms with Gasteiger partial charge < -0.3 is 9.64 Å². The fraction of sp³-hybridized carbons (Fsp3) is 0.350. The van der Waals surface area contributed by atoms with Crippen molar-refractivity contribution in [1.29, 1.82) is 0 Å². The van der Waals surface area contributed by atoms with E-state index in [1.54, 1.807) is 36.1 Å². The van der Waals surface area contributed by atoms with E-state index < -0.39 is 0 Å². The number of rotatable bonds is 4. The highest BCUT2D eigenvalue weighted by Gasteiger charge is 2.31. The van der Waals surface area contributed by atoms with E-state index in [1.807, 2.05) is 0 Å². The van der Waals surface area contributed by atoms with E-state index in [9.17, 15) is 9.59 Å². The lowest BCUT2D eigenvalue weighted by Crippen LogP contribution is -2.43. The Bertz CT molecular complexity index is 1120. The van der Waals surface area contributed by atoms with Gasteiger partial charge in [-0.2, -0.15) is 9.61 Å². The van der Waals surface area contributed by atoms with E-state index in [0.29, 0.717) is 52.9 Å². The molecule has 2 aromatic heterocycles. The molecule has 1 amide bonds. The lowest BCUT2D eigenvalue weighted by Gasteiger charge is -2.31. The van der Waals surface area contributed by atoms with Gasteiger partial charge in [-0.15, -0.1) is 10.2 Å². The largest absolute Gasteiger partial charge is 0.466 e. The number of hydrogen-bond donors (Lipinski definition) is 0. The van der Waals surface area contributed by atoms with Crippen LogP contribution in [0.1, 0.15) is 30.3 Å². The van der Waals surface area contributed by atoms with Crippen molar-refractivity contribution < 1.29 is 14.3 Å². The number of amides is 1. The Morgan fingerprint density at radius 3 is 2.83 bits per heavy atom. The van der Waals surface area contributed by atoms with E-state index in [1.165, 1.54) is 10.8 Å². The monoisotopic (exact) mass is 447 g/mol. The number of piperidine rings is 1. The predicted molar refractivity (Wildman–Crippen MR) is 111 cm³/mol. The molecule has 4 rings (SSSR count). The molecule has 10 heteroatoms. The number of hydrogen-bond acceptors (Lipinski definition) is 6. The topological polar surface area (TPSA) is 89.7 Å². The van der Waals surface area contributed by atoms with E-state index in [4.69, 9.17) is 27.9 Å². The first-order chi connectivity index (χ1) is 14.5. The molecule has 0 bridgehead atoms. The average molecular weight is 448 g/mol. The maximum Gasteiger partial charge on any atom is 0.310 e. The number of aromatic nitrogens is 4. The summed E-state index contributed by atoms with van der Waals surface area (Å²) in [5.74, 6) is -0.872. The molecule has 1 fully saturated rings. The number of ether oxygens (including phenoxy) is 1. The molecule has 8 nitrogen and oxygen atoms in total. The average Bonchev–Trinajstić information content (AvgIpc) is 3.22. The van der Waals surface area contributed by atoms with E-state index in [2.05, 4.69) is 15.3 Å². The van der Waals surface area contributed by atoms with Crippen LogP contribution in [0.2, 0.25) is 10.0 Å². The fourth-order valence-corrected chi connectivity index (χ4v) is 4.12. The molecule has 0 aliphatic carbocycles. The van der Waals surface area contributed by atoms with Crippen molar-refractivity contribution in [2.24, 2.45) is 5.92 Å². The predicted octanol–water partition coefficient (Wildman–Crippen LogP) is 3.51. The van der Waals surface area contributed by atoms with Gasteiger partial charge in [0.15, 0.2) is 5.65 Å². The Hall–Kier alpha value is -2.71. The normalized spacial score (nSPS) is 16.6. The molecule has 0 radical (unpaired) electrons. The summed E-state index contributed by atoms with van der Waals surface area (Å²) in [6, 6.07) is 6.75. The van der Waals surface area contributed by atoms with Gasteiger partial charge in [0.25, 0.3) is 5.91 Å². The smallest absolute Gasteiger partial charge is 0.310 e. The summed E-state index contributed by atoms with van der Waals surface area (Å²) in [4.78, 5) is 27.0. The van der Waals surface area contributed by atoms with Crippen molar-refractivity contribution in [3.8, 4) is 11.1 Å². The Morgan fingerprint density at radius 2 is 2.07 bits per heavy atom. The van der Waals surface area contributed by atoms with Crippen molar-refractivity contribution >= 4 is 40.7 Å². The molecule has 1 aliphatic heterocycles. The third-order valence-electron chi connectivity index (χ3n) is 5.04. The Kier molecular flexibility index (Phi) is 5.87. The first-order valence-corrected chi connectivity index (χ1v) is 10.4. The second kappa shape index (κ2) is 8.57. The zero-order chi connectivity index (χ0) is 21.3. The highest BCUT2D eigenvalue weighted by Crippen LogP contribution is 2.33. The van der Waals surface area contributed by atoms with Crippen LogP contribution in [0.25, 0.3) is 16.8 Å². The maximum atomic E-state index is 13.2. The van der Waals surface area contributed by atoms with Crippen molar-refractivity contribution in [3.05, 3.63) is 46.3 Å². The number of nitrogens with zero attached hydrogens (tertiary/aromatic N) is 5. The molecule has 1 atom stereocenters. The first-order valence-electron chi connectivity index (χ1n) is 9.60. The molecular weight excluding hydrogens is 429 g/mol. The molecule has 30 heavy (non-hydrogen) atoms. The van der Waals surface area contributed by atoms with Gasteiger partial charge in [-0.3, -0.25) is 9.59 Å². The number of esters is 1. The molecule has 0 saturated carbocycles. The molecule has 3 aromatic rings. The van der Waals surface area contributed by atoms with Gasteiger partial charge in [-0.25, -0.2) is 0 Å². The molecule has 3 heterocycles. The minimum absolute atomic E-state index is 0.216. The van der Waals surface area contributed by atoms with Crippen LogP contribution in [0.4, 0.5) is 0 Å². The van der Waals surface area contributed by atoms with Crippen molar-refractivity contribution in [1.82, 2.24) is 24.7 Å². The SMILES string of the molecule is CCOC(=O)C1CCCN(C(=O)c2cc(-c3ccc(Cl)cc3Cl)c3nncn3n2)C1. The molecule has 1 unspecified atom stereocenters. The lowest BCUT2D eigenvalue weighted by molar-refractivity contribution is -0.149. The Morgan fingerprint density at radius 1 is 1.23 bits per heavy atom. The summed E-state index contributed by atoms with van der Waals surface area (Å²) in [6.07, 6.45) is 2.85. The fourth-order valence-electron chi connectivity index (χ4n) is 3.61. The van der Waals surface area contributed by atoms with Gasteiger partial charge >= 0.3 is 5.97 Å². The maximum absolute atomic E-state index is 13.2. The van der Waals surface area contributed by atoms with Crippen LogP contribution in [0, 0.1) is 5.92 Å². The van der Waals surface area contributed by atoms with Crippen LogP contribution in [-0.4, -0.2) is 56.3 Å². The van der Waals surface area contributed by atoms with Gasteiger partial charge in [0.05, 0.1) is 17.5 Å². The molecule has 156 valence electrons. The van der Waals surface area contributed by atoms with E-state index >= 15 is 0 Å². The van der Waals surface area contributed by atoms with Crippen LogP contribution < -0.4 is 0 Å². The summed E-state index contributed by atoms with van der Waals surface area (Å²) in [5.41, 5.74) is 1.97. The summed E-state index contributed by atoms with van der Waals surface area (Å²) in [5, 5.41) is 13.3. The van der Waals surface area contributed by atoms with Crippen LogP contribution in [0.5, 0.6) is 0 Å².